The number of rotatable bonds is 8. The van der Waals surface area contributed by atoms with Gasteiger partial charge in [0.1, 0.15) is 11.2 Å². The molecule has 6 nitrogen and oxygen atoms in total. The topological polar surface area (TPSA) is 72.3 Å². The van der Waals surface area contributed by atoms with Crippen molar-refractivity contribution in [3.05, 3.63) is 249 Å². The molecule has 0 bridgehead atoms. The predicted molar refractivity (Wildman–Crippen MR) is 274 cm³/mol. The second-order valence-electron chi connectivity index (χ2n) is 14.2. The van der Waals surface area contributed by atoms with E-state index in [1.807, 2.05) is 66.7 Å². The van der Waals surface area contributed by atoms with Gasteiger partial charge in [0, 0.05) is 0 Å². The Labute approximate surface area is 397 Å². The molecule has 320 valence electrons. The van der Waals surface area contributed by atoms with Crippen LogP contribution in [0.25, 0.3) is 39.4 Å². The molecule has 65 heavy (non-hydrogen) atoms. The van der Waals surface area contributed by atoms with Gasteiger partial charge >= 0.3 is 34.5 Å². The first-order valence-corrected chi connectivity index (χ1v) is 27.8. The average Bonchev–Trinajstić information content (AvgIpc) is 4.03. The average molecular weight is 1010 g/mol. The summed E-state index contributed by atoms with van der Waals surface area (Å²) in [5, 5.41) is 16.8. The van der Waals surface area contributed by atoms with Crippen LogP contribution in [0.15, 0.2) is 249 Å². The van der Waals surface area contributed by atoms with Gasteiger partial charge < -0.3 is 4.98 Å². The molecule has 1 N–H and O–H groups in total. The number of hydrogen-bond acceptors (Lipinski definition) is 4. The summed E-state index contributed by atoms with van der Waals surface area (Å²) in [6, 6.07) is 86.2. The van der Waals surface area contributed by atoms with Crippen molar-refractivity contribution in [2.24, 2.45) is 0 Å². The monoisotopic (exact) mass is 1010 g/mol. The van der Waals surface area contributed by atoms with Gasteiger partial charge in [-0.25, -0.2) is 9.97 Å². The summed E-state index contributed by atoms with van der Waals surface area (Å²) in [6.45, 7) is 0. The number of nitrogens with zero attached hydrogens (tertiary/aromatic N) is 5. The zero-order valence-electron chi connectivity index (χ0n) is 34.9. The molecule has 0 radical (unpaired) electrons. The summed E-state index contributed by atoms with van der Waals surface area (Å²) in [5.74, 6) is 1.45. The van der Waals surface area contributed by atoms with Gasteiger partial charge in [-0.3, -0.25) is 0 Å². The van der Waals surface area contributed by atoms with Crippen LogP contribution in [-0.2, 0) is 15.1 Å². The van der Waals surface area contributed by atoms with Gasteiger partial charge in [-0.05, 0) is 84.1 Å². The van der Waals surface area contributed by atoms with E-state index in [0.717, 1.165) is 33.6 Å². The molecular weight excluding hydrogens is 967 g/mol. The van der Waals surface area contributed by atoms with Gasteiger partial charge in [0.2, 0.25) is 0 Å². The summed E-state index contributed by atoms with van der Waals surface area (Å²) < 4.78 is 1.74. The van der Waals surface area contributed by atoms with Crippen LogP contribution in [0.5, 0.6) is 0 Å². The van der Waals surface area contributed by atoms with Gasteiger partial charge in [-0.15, -0.1) is 5.10 Å². The quantitative estimate of drug-likeness (QED) is 0.122. The molecule has 0 saturated carbocycles. The number of H-pyrrole nitrogens is 1. The first kappa shape index (κ1) is 45.4. The molecule has 0 fully saturated rings. The number of aromatic amines is 1. The second kappa shape index (κ2) is 23.7. The van der Waals surface area contributed by atoms with Crippen LogP contribution in [-0.4, -0.2) is 29.9 Å². The minimum atomic E-state index is -0.446. The van der Waals surface area contributed by atoms with Crippen LogP contribution in [0.2, 0.25) is 0 Å². The van der Waals surface area contributed by atoms with Crippen LogP contribution in [0.4, 0.5) is 0 Å². The normalized spacial score (nSPS) is 10.7. The first-order chi connectivity index (χ1) is 32.2. The Morgan fingerprint density at radius 1 is 0.385 bits per heavy atom. The van der Waals surface area contributed by atoms with E-state index in [1.54, 1.807) is 4.68 Å². The maximum Gasteiger partial charge on any atom is 0.157 e. The molecule has 11 rings (SSSR count). The minimum Gasteiger partial charge on any atom is -0.337 e. The van der Waals surface area contributed by atoms with Crippen LogP contribution in [0.3, 0.4) is 0 Å². The van der Waals surface area contributed by atoms with Crippen LogP contribution in [0.1, 0.15) is 0 Å². The van der Waals surface area contributed by atoms with Crippen LogP contribution < -0.4 is 31.8 Å². The molecule has 0 aliphatic carbocycles. The van der Waals surface area contributed by atoms with E-state index < -0.39 is 15.8 Å². The number of nitrogens with one attached hydrogen (secondary N) is 1. The number of pyridine rings is 1. The third kappa shape index (κ3) is 12.0. The fourth-order valence-electron chi connectivity index (χ4n) is 7.14. The van der Waals surface area contributed by atoms with E-state index in [-0.39, 0.29) is 15.1 Å². The number of para-hydroxylation sites is 3. The van der Waals surface area contributed by atoms with E-state index in [9.17, 15) is 0 Å². The maximum atomic E-state index is 4.85. The molecule has 8 aromatic carbocycles. The molecule has 0 aliphatic heterocycles. The predicted octanol–water partition coefficient (Wildman–Crippen LogP) is 11.6. The first-order valence-electron chi connectivity index (χ1n) is 20.7. The molecule has 11 heteroatoms. The molecule has 0 aliphatic rings. The van der Waals surface area contributed by atoms with Crippen molar-refractivity contribution < 1.29 is 15.1 Å². The molecule has 0 atom stereocenters. The van der Waals surface area contributed by atoms with E-state index in [1.165, 1.54) is 31.8 Å². The largest absolute Gasteiger partial charge is 0.337 e. The van der Waals surface area contributed by atoms with Gasteiger partial charge in [-0.1, -0.05) is 218 Å². The Kier molecular flexibility index (Phi) is 16.5. The molecule has 3 heterocycles. The standard InChI is InChI=1S/C18H12N6.2C18H15P.2ClH.Ru/c1-2-7-13-12(6-1)20-18(21-13)15-9-5-11-17(19-15)24-16-10-4-3-8-14(16)22-23-24;2*1-4-10-16(11-5-1)19(17-12-6-2-7-13-17)18-14-8-3-9-15-18;;;/h1-11H,(H,20,21);2*1-15H;2*1H;/q;;;;;+2/p-2. The third-order valence-electron chi connectivity index (χ3n) is 10.0. The van der Waals surface area contributed by atoms with Gasteiger partial charge in [0.25, 0.3) is 0 Å². The van der Waals surface area contributed by atoms with Crippen molar-refractivity contribution in [3.8, 4) is 17.3 Å². The third-order valence-corrected chi connectivity index (χ3v) is 14.9. The molecular formula is C54H42Cl2N6P2Ru. The Bertz CT molecular complexity index is 2770. The van der Waals surface area contributed by atoms with Crippen LogP contribution >= 0.6 is 35.2 Å². The zero-order chi connectivity index (χ0) is 44.5. The zero-order valence-corrected chi connectivity index (χ0v) is 40.0. The summed E-state index contributed by atoms with van der Waals surface area (Å²) in [6.07, 6.45) is 0. The van der Waals surface area contributed by atoms with Crippen molar-refractivity contribution in [1.82, 2.24) is 29.9 Å². The van der Waals surface area contributed by atoms with Crippen molar-refractivity contribution in [1.29, 1.82) is 0 Å². The van der Waals surface area contributed by atoms with Crippen molar-refractivity contribution in [2.75, 3.05) is 0 Å². The van der Waals surface area contributed by atoms with Crippen molar-refractivity contribution in [3.63, 3.8) is 0 Å². The fraction of sp³-hybridized carbons (Fsp3) is 0. The van der Waals surface area contributed by atoms with Crippen LogP contribution in [0, 0.1) is 0 Å². The Morgan fingerprint density at radius 3 is 1.17 bits per heavy atom. The fourth-order valence-corrected chi connectivity index (χ4v) is 11.8. The number of imidazole rings is 1. The number of aromatic nitrogens is 6. The number of fused-ring (bicyclic) bond motifs is 2. The van der Waals surface area contributed by atoms with Gasteiger partial charge in [0.05, 0.1) is 16.6 Å². The van der Waals surface area contributed by atoms with E-state index >= 15 is 0 Å². The smallest absolute Gasteiger partial charge is 0.157 e. The molecule has 0 saturated heterocycles. The summed E-state index contributed by atoms with van der Waals surface area (Å²) >= 11 is -0.346. The van der Waals surface area contributed by atoms with E-state index in [0.29, 0.717) is 5.82 Å². The number of halogens is 2. The molecule has 3 aromatic heterocycles. The second-order valence-corrected chi connectivity index (χ2v) is 21.3. The molecule has 11 aromatic rings. The SMILES string of the molecule is [Cl][Ru][Cl].c1cc(-c2nc3ccccc3[nH]2)nc(-n2nnc3ccccc32)c1.c1ccc(P(c2ccccc2)c2ccccc2)cc1.c1ccc(P(c2ccccc2)c2ccccc2)cc1. The maximum absolute atomic E-state index is 4.85. The Balaban J connectivity index is 0.000000130. The van der Waals surface area contributed by atoms with E-state index in [2.05, 4.69) is 202 Å². The van der Waals surface area contributed by atoms with Gasteiger partial charge in [0.15, 0.2) is 11.6 Å². The Hall–Kier alpha value is -6.16. The summed E-state index contributed by atoms with van der Waals surface area (Å²) in [5.41, 5.74) is 4.44. The van der Waals surface area contributed by atoms with E-state index in [4.69, 9.17) is 24.4 Å². The van der Waals surface area contributed by atoms with Crippen molar-refractivity contribution >= 4 is 89.1 Å². The molecule has 0 unspecified atom stereocenters. The van der Waals surface area contributed by atoms with Crippen molar-refractivity contribution in [2.45, 2.75) is 0 Å². The number of hydrogen-bond donors (Lipinski definition) is 1. The Morgan fingerprint density at radius 2 is 0.754 bits per heavy atom. The molecule has 0 spiro atoms. The number of benzene rings is 8. The molecule has 0 amide bonds. The summed E-state index contributed by atoms with van der Waals surface area (Å²) in [4.78, 5) is 12.6. The van der Waals surface area contributed by atoms with Gasteiger partial charge in [-0.2, -0.15) is 4.68 Å². The summed E-state index contributed by atoms with van der Waals surface area (Å²) in [7, 11) is 8.82. The minimum absolute atomic E-state index is 0.346.